The summed E-state index contributed by atoms with van der Waals surface area (Å²) >= 11 is 0. The maximum atomic E-state index is 11.9. The van der Waals surface area contributed by atoms with Gasteiger partial charge in [-0.15, -0.1) is 0 Å². The molecule has 4 heteroatoms. The van der Waals surface area contributed by atoms with Crippen molar-refractivity contribution in [3.05, 3.63) is 12.2 Å². The molecule has 160 valence electrons. The molecule has 3 N–H and O–H groups in total. The Bertz CT molecular complexity index is 359. The lowest BCUT2D eigenvalue weighted by atomic mass is 10.0. The number of amides is 1. The Balaban J connectivity index is 3.44. The van der Waals surface area contributed by atoms with Gasteiger partial charge in [-0.05, 0) is 38.0 Å². The van der Waals surface area contributed by atoms with E-state index in [2.05, 4.69) is 24.4 Å². The van der Waals surface area contributed by atoms with Gasteiger partial charge >= 0.3 is 0 Å². The molecule has 4 nitrogen and oxygen atoms in total. The molecule has 0 fully saturated rings. The first-order valence-electron chi connectivity index (χ1n) is 11.3. The summed E-state index contributed by atoms with van der Waals surface area (Å²) in [5.74, 6) is -0.0810. The summed E-state index contributed by atoms with van der Waals surface area (Å²) in [6.45, 7) is 5.99. The van der Waals surface area contributed by atoms with Crippen molar-refractivity contribution in [1.82, 2.24) is 5.32 Å². The smallest absolute Gasteiger partial charge is 0.220 e. The zero-order chi connectivity index (χ0) is 20.3. The van der Waals surface area contributed by atoms with Crippen LogP contribution in [0.3, 0.4) is 0 Å². The van der Waals surface area contributed by atoms with Crippen LogP contribution in [-0.2, 0) is 4.79 Å². The van der Waals surface area contributed by atoms with E-state index in [-0.39, 0.29) is 11.8 Å². The monoisotopic (exact) mass is 383 g/mol. The number of carbonyl (C=O) groups excluding carboxylic acids is 1. The molecule has 0 aliphatic rings. The molecule has 0 heterocycles. The van der Waals surface area contributed by atoms with Crippen molar-refractivity contribution in [3.8, 4) is 0 Å². The maximum absolute atomic E-state index is 11.9. The Morgan fingerprint density at radius 3 is 1.78 bits per heavy atom. The molecule has 0 aliphatic carbocycles. The van der Waals surface area contributed by atoms with Crippen LogP contribution in [0.2, 0.25) is 0 Å². The van der Waals surface area contributed by atoms with Crippen molar-refractivity contribution in [1.29, 1.82) is 0 Å². The van der Waals surface area contributed by atoms with E-state index in [1.54, 1.807) is 0 Å². The fourth-order valence-corrected chi connectivity index (χ4v) is 3.20. The van der Waals surface area contributed by atoms with Crippen LogP contribution >= 0.6 is 0 Å². The van der Waals surface area contributed by atoms with E-state index in [9.17, 15) is 15.0 Å². The first-order chi connectivity index (χ1) is 13.0. The van der Waals surface area contributed by atoms with Crippen LogP contribution in [0.1, 0.15) is 111 Å². The lowest BCUT2D eigenvalue weighted by Crippen LogP contribution is -2.46. The molecular weight excluding hydrogens is 338 g/mol. The van der Waals surface area contributed by atoms with E-state index in [0.29, 0.717) is 6.42 Å². The molecule has 0 radical (unpaired) electrons. The summed E-state index contributed by atoms with van der Waals surface area (Å²) in [5, 5.41) is 21.3. The number of aliphatic hydroxyl groups excluding tert-OH is 1. The second-order valence-electron chi connectivity index (χ2n) is 8.09. The van der Waals surface area contributed by atoms with Crippen LogP contribution in [0.5, 0.6) is 0 Å². The zero-order valence-corrected chi connectivity index (χ0v) is 18.1. The number of hydrogen-bond donors (Lipinski definition) is 3. The molecule has 1 unspecified atom stereocenters. The van der Waals surface area contributed by atoms with Crippen LogP contribution in [0.25, 0.3) is 0 Å². The van der Waals surface area contributed by atoms with Crippen LogP contribution in [0, 0.1) is 5.92 Å². The Kier molecular flexibility index (Phi) is 17.9. The summed E-state index contributed by atoms with van der Waals surface area (Å²) in [7, 11) is 0. The highest BCUT2D eigenvalue weighted by Gasteiger charge is 2.22. The van der Waals surface area contributed by atoms with Gasteiger partial charge < -0.3 is 15.5 Å². The van der Waals surface area contributed by atoms with E-state index >= 15 is 0 Å². The van der Waals surface area contributed by atoms with Gasteiger partial charge in [-0.25, -0.2) is 0 Å². The second kappa shape index (κ2) is 18.5. The van der Waals surface area contributed by atoms with Gasteiger partial charge in [0, 0.05) is 6.42 Å². The molecule has 0 aromatic heterocycles. The van der Waals surface area contributed by atoms with Crippen molar-refractivity contribution >= 4 is 5.91 Å². The number of carbonyl (C=O) groups is 1. The molecular formula is C23H45NO3. The van der Waals surface area contributed by atoms with Crippen molar-refractivity contribution in [2.45, 2.75) is 123 Å². The van der Waals surface area contributed by atoms with E-state index in [1.165, 1.54) is 64.2 Å². The number of allylic oxidation sites excluding steroid dienone is 2. The minimum Gasteiger partial charge on any atom is -0.366 e. The molecule has 0 saturated carbocycles. The third kappa shape index (κ3) is 17.0. The minimum absolute atomic E-state index is 0.00284. The standard InChI is InChI=1S/C23H45NO3/c1-4-5-6-7-8-9-10-11-12-13-14-15-16-17-18-19-21(25)24-22(20(2)3)23(26)27/h11-12,20,22-23,26-27H,4-10,13-19H2,1-3H3,(H,24,25). The number of hydrogen-bond acceptors (Lipinski definition) is 3. The fraction of sp³-hybridized carbons (Fsp3) is 0.870. The quantitative estimate of drug-likeness (QED) is 0.167. The van der Waals surface area contributed by atoms with E-state index < -0.39 is 12.3 Å². The van der Waals surface area contributed by atoms with Gasteiger partial charge in [-0.1, -0.05) is 84.3 Å². The predicted molar refractivity (Wildman–Crippen MR) is 114 cm³/mol. The van der Waals surface area contributed by atoms with Crippen molar-refractivity contribution in [3.63, 3.8) is 0 Å². The summed E-state index contributed by atoms with van der Waals surface area (Å²) in [5.41, 5.74) is 0. The maximum Gasteiger partial charge on any atom is 0.220 e. The molecule has 27 heavy (non-hydrogen) atoms. The zero-order valence-electron chi connectivity index (χ0n) is 18.1. The molecule has 0 bridgehead atoms. The van der Waals surface area contributed by atoms with Crippen LogP contribution in [0.4, 0.5) is 0 Å². The Hall–Kier alpha value is -0.870. The topological polar surface area (TPSA) is 69.6 Å². The molecule has 0 aliphatic heterocycles. The summed E-state index contributed by atoms with van der Waals surface area (Å²) in [6, 6.07) is -0.583. The van der Waals surface area contributed by atoms with Crippen LogP contribution < -0.4 is 5.32 Å². The van der Waals surface area contributed by atoms with Gasteiger partial charge in [0.15, 0.2) is 6.29 Å². The van der Waals surface area contributed by atoms with E-state index in [1.807, 2.05) is 13.8 Å². The molecule has 1 amide bonds. The van der Waals surface area contributed by atoms with E-state index in [0.717, 1.165) is 19.3 Å². The second-order valence-corrected chi connectivity index (χ2v) is 8.09. The Labute approximate surface area is 167 Å². The number of unbranched alkanes of at least 4 members (excludes halogenated alkanes) is 11. The first-order valence-corrected chi connectivity index (χ1v) is 11.3. The molecule has 0 aromatic rings. The highest BCUT2D eigenvalue weighted by atomic mass is 16.5. The molecule has 0 saturated heterocycles. The number of aliphatic hydroxyl groups is 2. The van der Waals surface area contributed by atoms with Gasteiger partial charge in [0.2, 0.25) is 5.91 Å². The van der Waals surface area contributed by atoms with Crippen molar-refractivity contribution in [2.75, 3.05) is 0 Å². The Morgan fingerprint density at radius 2 is 1.30 bits per heavy atom. The third-order valence-corrected chi connectivity index (χ3v) is 5.03. The molecule has 1 atom stereocenters. The highest BCUT2D eigenvalue weighted by molar-refractivity contribution is 5.76. The summed E-state index contributed by atoms with van der Waals surface area (Å²) in [4.78, 5) is 11.9. The van der Waals surface area contributed by atoms with Crippen LogP contribution in [0.15, 0.2) is 12.2 Å². The van der Waals surface area contributed by atoms with Gasteiger partial charge in [-0.2, -0.15) is 0 Å². The van der Waals surface area contributed by atoms with Crippen LogP contribution in [-0.4, -0.2) is 28.5 Å². The number of rotatable bonds is 18. The Morgan fingerprint density at radius 1 is 0.815 bits per heavy atom. The first kappa shape index (κ1) is 26.1. The van der Waals surface area contributed by atoms with Gasteiger partial charge in [-0.3, -0.25) is 4.79 Å². The predicted octanol–water partition coefficient (Wildman–Crippen LogP) is 5.48. The largest absolute Gasteiger partial charge is 0.366 e. The van der Waals surface area contributed by atoms with Gasteiger partial charge in [0.1, 0.15) is 0 Å². The lowest BCUT2D eigenvalue weighted by molar-refractivity contribution is -0.128. The van der Waals surface area contributed by atoms with Crippen molar-refractivity contribution in [2.24, 2.45) is 5.92 Å². The fourth-order valence-electron chi connectivity index (χ4n) is 3.20. The number of nitrogens with one attached hydrogen (secondary N) is 1. The van der Waals surface area contributed by atoms with E-state index in [4.69, 9.17) is 0 Å². The summed E-state index contributed by atoms with van der Waals surface area (Å²) in [6.07, 6.45) is 19.7. The van der Waals surface area contributed by atoms with Gasteiger partial charge in [0.25, 0.3) is 0 Å². The highest BCUT2D eigenvalue weighted by Crippen LogP contribution is 2.11. The van der Waals surface area contributed by atoms with Gasteiger partial charge in [0.05, 0.1) is 6.04 Å². The lowest BCUT2D eigenvalue weighted by Gasteiger charge is -2.23. The molecule has 0 aromatic carbocycles. The summed E-state index contributed by atoms with van der Waals surface area (Å²) < 4.78 is 0. The van der Waals surface area contributed by atoms with Crippen molar-refractivity contribution < 1.29 is 15.0 Å². The average molecular weight is 384 g/mol. The SMILES string of the molecule is CCCCCCCCC=CCCCCCCCC(=O)NC(C(C)C)C(O)O. The average Bonchev–Trinajstić information content (AvgIpc) is 2.62. The minimum atomic E-state index is -1.50. The molecule has 0 spiro atoms. The third-order valence-electron chi connectivity index (χ3n) is 5.03. The normalized spacial score (nSPS) is 13.0. The molecule has 0 rings (SSSR count).